The van der Waals surface area contributed by atoms with Gasteiger partial charge in [0.25, 0.3) is 0 Å². The highest BCUT2D eigenvalue weighted by atomic mass is 32.2. The molecule has 0 fully saturated rings. The number of aromatic nitrogens is 1. The zero-order chi connectivity index (χ0) is 19.7. The summed E-state index contributed by atoms with van der Waals surface area (Å²) >= 11 is 0. The van der Waals surface area contributed by atoms with Crippen LogP contribution in [0, 0.1) is 0 Å². The summed E-state index contributed by atoms with van der Waals surface area (Å²) in [5.41, 5.74) is 1.44. The third-order valence-electron chi connectivity index (χ3n) is 3.65. The zero-order valence-electron chi connectivity index (χ0n) is 14.0. The Bertz CT molecular complexity index is 1080. The first-order valence-corrected chi connectivity index (χ1v) is 9.49. The van der Waals surface area contributed by atoms with Gasteiger partial charge >= 0.3 is 6.36 Å². The molecule has 0 bridgehead atoms. The van der Waals surface area contributed by atoms with Crippen molar-refractivity contribution >= 4 is 33.1 Å². The molecule has 0 aliphatic heterocycles. The van der Waals surface area contributed by atoms with Gasteiger partial charge in [0.1, 0.15) is 11.3 Å². The highest BCUT2D eigenvalue weighted by Gasteiger charge is 2.30. The van der Waals surface area contributed by atoms with Gasteiger partial charge in [-0.1, -0.05) is 19.1 Å². The molecule has 3 rings (SSSR count). The van der Waals surface area contributed by atoms with Gasteiger partial charge in [-0.05, 0) is 42.0 Å². The molecule has 0 amide bonds. The van der Waals surface area contributed by atoms with Crippen LogP contribution in [0.25, 0.3) is 23.3 Å². The average molecular weight is 397 g/mol. The summed E-state index contributed by atoms with van der Waals surface area (Å²) in [6.45, 7) is 1.56. The fourth-order valence-electron chi connectivity index (χ4n) is 2.30. The van der Waals surface area contributed by atoms with Crippen LogP contribution in [-0.4, -0.2) is 25.5 Å². The fraction of sp³-hybridized carbons (Fsp3) is 0.167. The van der Waals surface area contributed by atoms with Crippen molar-refractivity contribution in [2.24, 2.45) is 0 Å². The largest absolute Gasteiger partial charge is 0.573 e. The molecule has 0 unspecified atom stereocenters. The van der Waals surface area contributed by atoms with Gasteiger partial charge in [-0.2, -0.15) is 0 Å². The van der Waals surface area contributed by atoms with Gasteiger partial charge < -0.3 is 9.15 Å². The predicted molar refractivity (Wildman–Crippen MR) is 93.8 cm³/mol. The molecule has 0 saturated carbocycles. The fourth-order valence-corrected chi connectivity index (χ4v) is 3.20. The molecule has 5 nitrogen and oxygen atoms in total. The molecule has 1 aromatic heterocycles. The Kier molecular flexibility index (Phi) is 4.97. The smallest absolute Gasteiger partial charge is 0.437 e. The zero-order valence-corrected chi connectivity index (χ0v) is 14.8. The van der Waals surface area contributed by atoms with Crippen LogP contribution in [0.3, 0.4) is 0 Å². The number of halogens is 3. The minimum absolute atomic E-state index is 0.0167. The lowest BCUT2D eigenvalue weighted by atomic mass is 10.2. The summed E-state index contributed by atoms with van der Waals surface area (Å²) in [6.07, 6.45) is -1.60. The molecular weight excluding hydrogens is 383 g/mol. The van der Waals surface area contributed by atoms with E-state index in [-0.39, 0.29) is 22.3 Å². The summed E-state index contributed by atoms with van der Waals surface area (Å²) in [5, 5.41) is 0. The topological polar surface area (TPSA) is 69.4 Å². The van der Waals surface area contributed by atoms with Crippen molar-refractivity contribution in [3.63, 3.8) is 0 Å². The van der Waals surface area contributed by atoms with Crippen molar-refractivity contribution in [1.29, 1.82) is 0 Å². The van der Waals surface area contributed by atoms with Gasteiger partial charge in [0.2, 0.25) is 5.89 Å². The number of sulfone groups is 1. The first-order chi connectivity index (χ1) is 12.7. The van der Waals surface area contributed by atoms with Crippen LogP contribution in [0.4, 0.5) is 13.2 Å². The average Bonchev–Trinajstić information content (AvgIpc) is 3.02. The van der Waals surface area contributed by atoms with Crippen LogP contribution in [-0.2, 0) is 9.84 Å². The van der Waals surface area contributed by atoms with Gasteiger partial charge in [0, 0.05) is 6.08 Å². The second kappa shape index (κ2) is 7.07. The molecule has 9 heteroatoms. The second-order valence-corrected chi connectivity index (χ2v) is 7.81. The van der Waals surface area contributed by atoms with E-state index in [1.54, 1.807) is 13.0 Å². The number of benzene rings is 2. The summed E-state index contributed by atoms with van der Waals surface area (Å²) in [4.78, 5) is 4.38. The molecule has 3 aromatic rings. The number of fused-ring (bicyclic) bond motifs is 1. The monoisotopic (exact) mass is 397 g/mol. The second-order valence-electron chi connectivity index (χ2n) is 5.54. The van der Waals surface area contributed by atoms with Gasteiger partial charge in [-0.3, -0.25) is 0 Å². The standard InChI is InChI=1S/C18H14F3NO4S/c1-2-27(23,24)14-8-9-16-15(11-14)22-17(25-16)10-5-12-3-6-13(7-4-12)26-18(19,20)21/h3-11H,2H2,1H3/b10-5+. The summed E-state index contributed by atoms with van der Waals surface area (Å²) in [6, 6.07) is 9.73. The molecule has 0 N–H and O–H groups in total. The van der Waals surface area contributed by atoms with E-state index in [9.17, 15) is 21.6 Å². The third-order valence-corrected chi connectivity index (χ3v) is 5.38. The van der Waals surface area contributed by atoms with E-state index in [2.05, 4.69) is 9.72 Å². The van der Waals surface area contributed by atoms with Gasteiger partial charge in [0.15, 0.2) is 15.4 Å². The molecule has 0 radical (unpaired) electrons. The van der Waals surface area contributed by atoms with E-state index >= 15 is 0 Å². The van der Waals surface area contributed by atoms with Gasteiger partial charge in [-0.25, -0.2) is 13.4 Å². The van der Waals surface area contributed by atoms with Crippen LogP contribution in [0.1, 0.15) is 18.4 Å². The van der Waals surface area contributed by atoms with Crippen LogP contribution >= 0.6 is 0 Å². The molecule has 27 heavy (non-hydrogen) atoms. The predicted octanol–water partition coefficient (Wildman–Crippen LogP) is 4.69. The Hall–Kier alpha value is -2.81. The Labute approximate surface area is 153 Å². The van der Waals surface area contributed by atoms with E-state index in [0.717, 1.165) is 0 Å². The first kappa shape index (κ1) is 19.0. The normalized spacial score (nSPS) is 12.7. The lowest BCUT2D eigenvalue weighted by molar-refractivity contribution is -0.274. The minimum atomic E-state index is -4.74. The van der Waals surface area contributed by atoms with Crippen LogP contribution in [0.15, 0.2) is 51.8 Å². The number of hydrogen-bond acceptors (Lipinski definition) is 5. The molecule has 1 heterocycles. The molecule has 0 aliphatic rings. The van der Waals surface area contributed by atoms with Crippen molar-refractivity contribution in [3.05, 3.63) is 53.9 Å². The van der Waals surface area contributed by atoms with Crippen LogP contribution in [0.5, 0.6) is 5.75 Å². The van der Waals surface area contributed by atoms with Crippen molar-refractivity contribution in [1.82, 2.24) is 4.98 Å². The number of ether oxygens (including phenoxy) is 1. The third kappa shape index (κ3) is 4.68. The number of hydrogen-bond donors (Lipinski definition) is 0. The first-order valence-electron chi connectivity index (χ1n) is 7.83. The van der Waals surface area contributed by atoms with E-state index < -0.39 is 16.2 Å². The molecule has 0 atom stereocenters. The van der Waals surface area contributed by atoms with Crippen LogP contribution in [0.2, 0.25) is 0 Å². The number of rotatable bonds is 5. The van der Waals surface area contributed by atoms with Crippen molar-refractivity contribution < 1.29 is 30.7 Å². The Morgan fingerprint density at radius 2 is 1.81 bits per heavy atom. The molecule has 2 aromatic carbocycles. The quantitative estimate of drug-likeness (QED) is 0.625. The minimum Gasteiger partial charge on any atom is -0.437 e. The van der Waals surface area contributed by atoms with E-state index in [1.165, 1.54) is 48.5 Å². The Morgan fingerprint density at radius 1 is 1.11 bits per heavy atom. The van der Waals surface area contributed by atoms with E-state index in [1.807, 2.05) is 0 Å². The summed E-state index contributed by atoms with van der Waals surface area (Å²) in [7, 11) is -3.34. The Balaban J connectivity index is 1.80. The molecule has 0 saturated heterocycles. The molecular formula is C18H14F3NO4S. The van der Waals surface area contributed by atoms with Crippen molar-refractivity contribution in [2.75, 3.05) is 5.75 Å². The van der Waals surface area contributed by atoms with Crippen molar-refractivity contribution in [3.8, 4) is 5.75 Å². The molecule has 142 valence electrons. The van der Waals surface area contributed by atoms with Crippen LogP contribution < -0.4 is 4.74 Å². The molecule has 0 aliphatic carbocycles. The number of oxazole rings is 1. The highest BCUT2D eigenvalue weighted by molar-refractivity contribution is 7.91. The lowest BCUT2D eigenvalue weighted by Gasteiger charge is -2.08. The van der Waals surface area contributed by atoms with Crippen molar-refractivity contribution in [2.45, 2.75) is 18.2 Å². The number of alkyl halides is 3. The maximum Gasteiger partial charge on any atom is 0.573 e. The summed E-state index contributed by atoms with van der Waals surface area (Å²) < 4.78 is 69.6. The summed E-state index contributed by atoms with van der Waals surface area (Å²) in [5.74, 6) is -0.0881. The number of nitrogens with zero attached hydrogens (tertiary/aromatic N) is 1. The highest BCUT2D eigenvalue weighted by Crippen LogP contribution is 2.24. The maximum atomic E-state index is 12.1. The molecule has 0 spiro atoms. The van der Waals surface area contributed by atoms with Gasteiger partial charge in [0.05, 0.1) is 10.6 Å². The lowest BCUT2D eigenvalue weighted by Crippen LogP contribution is -2.16. The Morgan fingerprint density at radius 3 is 2.44 bits per heavy atom. The van der Waals surface area contributed by atoms with E-state index in [4.69, 9.17) is 4.42 Å². The maximum absolute atomic E-state index is 12.1. The van der Waals surface area contributed by atoms with E-state index in [0.29, 0.717) is 16.7 Å². The van der Waals surface area contributed by atoms with Gasteiger partial charge in [-0.15, -0.1) is 13.2 Å². The SMILES string of the molecule is CCS(=O)(=O)c1ccc2oc(/C=C/c3ccc(OC(F)(F)F)cc3)nc2c1.